The summed E-state index contributed by atoms with van der Waals surface area (Å²) < 4.78 is 49.2. The standard InChI is InChI=1S/C24H29NO6S/c1-16-8-10-19(11-9-16)32(26,27)28-15-20-21(22-23(29-20)31-24(2,3)30-22)25-13-12-17-6-4-5-7-18(17)14-25/h4-11,20-23H,12-15H2,1-3H3/t20-,21+,22-,23-/m1/s1. The molecular weight excluding hydrogens is 430 g/mol. The summed E-state index contributed by atoms with van der Waals surface area (Å²) in [5.74, 6) is -0.749. The molecule has 0 aliphatic carbocycles. The van der Waals surface area contributed by atoms with E-state index in [1.165, 1.54) is 11.1 Å². The Morgan fingerprint density at radius 3 is 2.53 bits per heavy atom. The van der Waals surface area contributed by atoms with Crippen molar-refractivity contribution >= 4 is 10.1 Å². The molecule has 2 fully saturated rings. The van der Waals surface area contributed by atoms with Crippen molar-refractivity contribution in [2.75, 3.05) is 13.2 Å². The third-order valence-electron chi connectivity index (χ3n) is 6.39. The minimum atomic E-state index is -3.89. The Balaban J connectivity index is 1.36. The van der Waals surface area contributed by atoms with E-state index in [0.717, 1.165) is 25.1 Å². The lowest BCUT2D eigenvalue weighted by molar-refractivity contribution is -0.214. The molecule has 2 aromatic carbocycles. The number of benzene rings is 2. The third kappa shape index (κ3) is 4.23. The van der Waals surface area contributed by atoms with Crippen LogP contribution in [0.3, 0.4) is 0 Å². The molecule has 8 heteroatoms. The van der Waals surface area contributed by atoms with Gasteiger partial charge in [0.1, 0.15) is 12.2 Å². The molecule has 3 aliphatic heterocycles. The van der Waals surface area contributed by atoms with Crippen LogP contribution in [-0.4, -0.2) is 56.8 Å². The number of hydrogen-bond donors (Lipinski definition) is 0. The van der Waals surface area contributed by atoms with Crippen LogP contribution in [0.2, 0.25) is 0 Å². The molecule has 3 heterocycles. The maximum Gasteiger partial charge on any atom is 0.297 e. The van der Waals surface area contributed by atoms with Crippen LogP contribution in [0.25, 0.3) is 0 Å². The predicted octanol–water partition coefficient (Wildman–Crippen LogP) is 3.00. The normalized spacial score (nSPS) is 29.6. The van der Waals surface area contributed by atoms with Crippen molar-refractivity contribution in [1.82, 2.24) is 4.90 Å². The molecule has 0 bridgehead atoms. The average molecular weight is 460 g/mol. The molecule has 32 heavy (non-hydrogen) atoms. The van der Waals surface area contributed by atoms with Gasteiger partial charge in [-0.15, -0.1) is 0 Å². The zero-order valence-electron chi connectivity index (χ0n) is 18.6. The number of fused-ring (bicyclic) bond motifs is 2. The SMILES string of the molecule is Cc1ccc(S(=O)(=O)OC[C@H]2O[C@@H]3OC(C)(C)O[C@@H]3[C@H]2N2CCc3ccccc3C2)cc1. The lowest BCUT2D eigenvalue weighted by atomic mass is 9.96. The van der Waals surface area contributed by atoms with Gasteiger partial charge < -0.3 is 14.2 Å². The first kappa shape index (κ1) is 22.0. The van der Waals surface area contributed by atoms with Crippen LogP contribution in [0, 0.1) is 6.92 Å². The lowest BCUT2D eigenvalue weighted by Gasteiger charge is -2.38. The molecule has 0 unspecified atom stereocenters. The Bertz CT molecular complexity index is 1080. The second kappa shape index (κ2) is 8.20. The minimum absolute atomic E-state index is 0.0980. The molecule has 5 rings (SSSR count). The molecule has 0 aromatic heterocycles. The number of aryl methyl sites for hydroxylation is 1. The number of nitrogens with zero attached hydrogens (tertiary/aromatic N) is 1. The summed E-state index contributed by atoms with van der Waals surface area (Å²) in [6.07, 6.45) is -0.441. The highest BCUT2D eigenvalue weighted by Crippen LogP contribution is 2.41. The van der Waals surface area contributed by atoms with Gasteiger partial charge in [-0.25, -0.2) is 0 Å². The van der Waals surface area contributed by atoms with Gasteiger partial charge in [0, 0.05) is 13.1 Å². The van der Waals surface area contributed by atoms with E-state index in [-0.39, 0.29) is 23.6 Å². The number of hydrogen-bond acceptors (Lipinski definition) is 7. The fraction of sp³-hybridized carbons (Fsp3) is 0.500. The summed E-state index contributed by atoms with van der Waals surface area (Å²) in [7, 11) is -3.89. The molecule has 4 atom stereocenters. The smallest absolute Gasteiger partial charge is 0.297 e. The topological polar surface area (TPSA) is 74.3 Å². The molecule has 2 aromatic rings. The van der Waals surface area contributed by atoms with E-state index in [1.54, 1.807) is 24.3 Å². The molecule has 0 radical (unpaired) electrons. The van der Waals surface area contributed by atoms with Crippen molar-refractivity contribution in [3.8, 4) is 0 Å². The quantitative estimate of drug-likeness (QED) is 0.637. The highest BCUT2D eigenvalue weighted by molar-refractivity contribution is 7.86. The summed E-state index contributed by atoms with van der Waals surface area (Å²) >= 11 is 0. The van der Waals surface area contributed by atoms with Crippen LogP contribution in [-0.2, 0) is 41.5 Å². The first-order valence-electron chi connectivity index (χ1n) is 11.0. The summed E-state index contributed by atoms with van der Waals surface area (Å²) in [5, 5.41) is 0. The van der Waals surface area contributed by atoms with Crippen LogP contribution in [0.4, 0.5) is 0 Å². The van der Waals surface area contributed by atoms with Gasteiger partial charge in [0.25, 0.3) is 10.1 Å². The fourth-order valence-corrected chi connectivity index (χ4v) is 5.76. The van der Waals surface area contributed by atoms with E-state index in [4.69, 9.17) is 18.4 Å². The van der Waals surface area contributed by atoms with Gasteiger partial charge >= 0.3 is 0 Å². The molecule has 0 amide bonds. The summed E-state index contributed by atoms with van der Waals surface area (Å²) in [6.45, 7) is 7.12. The molecule has 172 valence electrons. The highest BCUT2D eigenvalue weighted by Gasteiger charge is 2.56. The van der Waals surface area contributed by atoms with Crippen LogP contribution in [0.1, 0.15) is 30.5 Å². The van der Waals surface area contributed by atoms with Crippen molar-refractivity contribution in [3.05, 3.63) is 65.2 Å². The summed E-state index contributed by atoms with van der Waals surface area (Å²) in [5.41, 5.74) is 3.60. The van der Waals surface area contributed by atoms with Gasteiger partial charge in [0.05, 0.1) is 17.5 Å². The first-order valence-corrected chi connectivity index (χ1v) is 12.4. The maximum absolute atomic E-state index is 12.7. The number of rotatable bonds is 5. The van der Waals surface area contributed by atoms with E-state index < -0.39 is 28.3 Å². The highest BCUT2D eigenvalue weighted by atomic mass is 32.2. The van der Waals surface area contributed by atoms with E-state index in [2.05, 4.69) is 23.1 Å². The molecule has 7 nitrogen and oxygen atoms in total. The van der Waals surface area contributed by atoms with Crippen LogP contribution in [0.15, 0.2) is 53.4 Å². The van der Waals surface area contributed by atoms with Crippen LogP contribution < -0.4 is 0 Å². The minimum Gasteiger partial charge on any atom is -0.342 e. The molecule has 0 saturated carbocycles. The lowest BCUT2D eigenvalue weighted by Crippen LogP contribution is -2.51. The monoisotopic (exact) mass is 459 g/mol. The van der Waals surface area contributed by atoms with E-state index >= 15 is 0 Å². The summed E-state index contributed by atoms with van der Waals surface area (Å²) in [6, 6.07) is 14.9. The third-order valence-corrected chi connectivity index (χ3v) is 7.69. The van der Waals surface area contributed by atoms with Crippen molar-refractivity contribution in [3.63, 3.8) is 0 Å². The van der Waals surface area contributed by atoms with Gasteiger partial charge in [0.15, 0.2) is 12.1 Å². The van der Waals surface area contributed by atoms with Crippen LogP contribution in [0.5, 0.6) is 0 Å². The largest absolute Gasteiger partial charge is 0.342 e. The second-order valence-electron chi connectivity index (χ2n) is 9.17. The van der Waals surface area contributed by atoms with Gasteiger partial charge in [-0.05, 0) is 50.5 Å². The Morgan fingerprint density at radius 1 is 1.06 bits per heavy atom. The maximum atomic E-state index is 12.7. The van der Waals surface area contributed by atoms with E-state index in [9.17, 15) is 8.42 Å². The summed E-state index contributed by atoms with van der Waals surface area (Å²) in [4.78, 5) is 2.45. The van der Waals surface area contributed by atoms with Crippen LogP contribution >= 0.6 is 0 Å². The molecule has 0 spiro atoms. The van der Waals surface area contributed by atoms with Crippen molar-refractivity contribution in [2.45, 2.75) is 69.0 Å². The van der Waals surface area contributed by atoms with E-state index in [1.807, 2.05) is 26.8 Å². The van der Waals surface area contributed by atoms with Crippen molar-refractivity contribution in [2.24, 2.45) is 0 Å². The fourth-order valence-electron chi connectivity index (χ4n) is 4.84. The Kier molecular flexibility index (Phi) is 5.64. The molecule has 2 saturated heterocycles. The average Bonchev–Trinajstić information content (AvgIpc) is 3.23. The zero-order valence-corrected chi connectivity index (χ0v) is 19.4. The van der Waals surface area contributed by atoms with E-state index in [0.29, 0.717) is 0 Å². The number of ether oxygens (including phenoxy) is 3. The Morgan fingerprint density at radius 2 is 1.78 bits per heavy atom. The zero-order chi connectivity index (χ0) is 22.5. The Labute approximate surface area is 189 Å². The first-order chi connectivity index (χ1) is 15.2. The molecule has 3 aliphatic rings. The van der Waals surface area contributed by atoms with Gasteiger partial charge in [-0.3, -0.25) is 9.08 Å². The van der Waals surface area contributed by atoms with Crippen molar-refractivity contribution in [1.29, 1.82) is 0 Å². The molecular formula is C24H29NO6S. The van der Waals surface area contributed by atoms with Gasteiger partial charge in [0.2, 0.25) is 0 Å². The van der Waals surface area contributed by atoms with Gasteiger partial charge in [-0.1, -0.05) is 42.0 Å². The Hall–Kier alpha value is -1.81. The second-order valence-corrected chi connectivity index (χ2v) is 10.8. The predicted molar refractivity (Wildman–Crippen MR) is 117 cm³/mol. The molecule has 0 N–H and O–H groups in total. The van der Waals surface area contributed by atoms with Gasteiger partial charge in [-0.2, -0.15) is 8.42 Å². The van der Waals surface area contributed by atoms with Crippen molar-refractivity contribution < 1.29 is 26.8 Å².